The summed E-state index contributed by atoms with van der Waals surface area (Å²) >= 11 is 0. The average molecular weight is 849 g/mol. The highest BCUT2D eigenvalue weighted by molar-refractivity contribution is 6.14. The van der Waals surface area contributed by atoms with Gasteiger partial charge in [-0.2, -0.15) is 0 Å². The van der Waals surface area contributed by atoms with E-state index in [9.17, 15) is 14.7 Å². The first-order valence-corrected chi connectivity index (χ1v) is 22.2. The van der Waals surface area contributed by atoms with E-state index in [1.54, 1.807) is 0 Å². The molecule has 0 aromatic heterocycles. The Morgan fingerprint density at radius 1 is 0.288 bits per heavy atom. The summed E-state index contributed by atoms with van der Waals surface area (Å²) in [5.41, 5.74) is 15.8. The summed E-state index contributed by atoms with van der Waals surface area (Å²) in [6.07, 6.45) is -0.820. The molecule has 1 N–H and O–H groups in total. The third-order valence-electron chi connectivity index (χ3n) is 12.3. The molecule has 314 valence electrons. The lowest BCUT2D eigenvalue weighted by molar-refractivity contribution is 0.103. The Labute approximate surface area is 385 Å². The van der Waals surface area contributed by atoms with Gasteiger partial charge in [0.25, 0.3) is 0 Å². The molecule has 0 radical (unpaired) electrons. The molecule has 3 heteroatoms. The summed E-state index contributed by atoms with van der Waals surface area (Å²) in [7, 11) is 0. The molecule has 0 saturated carbocycles. The van der Waals surface area contributed by atoms with E-state index in [1.165, 1.54) is 0 Å². The number of carbonyl (C=O) groups excluding carboxylic acids is 2. The number of carbonyl (C=O) groups is 2. The molecule has 0 fully saturated rings. The molecule has 0 unspecified atom stereocenters. The van der Waals surface area contributed by atoms with Crippen molar-refractivity contribution in [1.29, 1.82) is 0 Å². The molecule has 3 nitrogen and oxygen atoms in total. The molecule has 1 atom stereocenters. The highest BCUT2D eigenvalue weighted by Gasteiger charge is 2.19. The molecule has 0 bridgehead atoms. The summed E-state index contributed by atoms with van der Waals surface area (Å²) in [4.78, 5) is 28.1. The Bertz CT molecular complexity index is 3140. The quantitative estimate of drug-likeness (QED) is 0.125. The molecule has 10 rings (SSSR count). The molecule has 0 aliphatic heterocycles. The van der Waals surface area contributed by atoms with Gasteiger partial charge in [0.05, 0.1) is 0 Å². The Morgan fingerprint density at radius 3 is 1.02 bits per heavy atom. The molecule has 0 heterocycles. The van der Waals surface area contributed by atoms with Crippen LogP contribution >= 0.6 is 0 Å². The van der Waals surface area contributed by atoms with Crippen LogP contribution in [-0.2, 0) is 0 Å². The zero-order valence-electron chi connectivity index (χ0n) is 36.1. The van der Waals surface area contributed by atoms with Gasteiger partial charge in [-0.05, 0) is 96.1 Å². The molecular weight excluding hydrogens is 805 g/mol. The highest BCUT2D eigenvalue weighted by atomic mass is 16.3. The van der Waals surface area contributed by atoms with Crippen molar-refractivity contribution in [3.8, 4) is 66.8 Å². The van der Waals surface area contributed by atoms with Gasteiger partial charge in [0.1, 0.15) is 6.10 Å². The molecule has 0 aliphatic carbocycles. The second-order valence-corrected chi connectivity index (χ2v) is 16.4. The first-order chi connectivity index (χ1) is 32.5. The fourth-order valence-corrected chi connectivity index (χ4v) is 8.82. The van der Waals surface area contributed by atoms with Gasteiger partial charge in [-0.15, -0.1) is 0 Å². The van der Waals surface area contributed by atoms with Crippen LogP contribution in [0.4, 0.5) is 0 Å². The summed E-state index contributed by atoms with van der Waals surface area (Å²) in [6, 6.07) is 83.9. The second-order valence-electron chi connectivity index (χ2n) is 16.4. The van der Waals surface area contributed by atoms with Crippen LogP contribution in [0.1, 0.15) is 49.1 Å². The molecule has 10 aromatic rings. The lowest BCUT2D eigenvalue weighted by Gasteiger charge is -2.17. The minimum Gasteiger partial charge on any atom is -0.384 e. The zero-order valence-corrected chi connectivity index (χ0v) is 36.1. The van der Waals surface area contributed by atoms with Crippen molar-refractivity contribution in [2.75, 3.05) is 0 Å². The Morgan fingerprint density at radius 2 is 0.606 bits per heavy atom. The largest absolute Gasteiger partial charge is 0.384 e. The fourth-order valence-electron chi connectivity index (χ4n) is 8.82. The zero-order chi connectivity index (χ0) is 44.8. The van der Waals surface area contributed by atoms with E-state index in [1.807, 2.05) is 212 Å². The number of aliphatic hydroxyl groups is 1. The van der Waals surface area contributed by atoms with Gasteiger partial charge in [-0.1, -0.05) is 237 Å². The molecule has 66 heavy (non-hydrogen) atoms. The van der Waals surface area contributed by atoms with Crippen molar-refractivity contribution in [1.82, 2.24) is 0 Å². The van der Waals surface area contributed by atoms with Crippen LogP contribution in [0.5, 0.6) is 0 Å². The van der Waals surface area contributed by atoms with Gasteiger partial charge in [0.15, 0.2) is 11.6 Å². The molecule has 0 aliphatic rings. The SMILES string of the molecule is O=C(c1ccc(-c2cc(-c3ccc(C(=O)c4ccccc4-c4ccccc4)cc3)cc(-c3ccc([C@@H](O)c4ccccc4-c4ccccc4)cc3)c2)cc1)c1ccccc1-c1ccccc1. The monoisotopic (exact) mass is 848 g/mol. The van der Waals surface area contributed by atoms with E-state index in [2.05, 4.69) is 42.5 Å². The van der Waals surface area contributed by atoms with E-state index >= 15 is 0 Å². The minimum absolute atomic E-state index is 0.0369. The van der Waals surface area contributed by atoms with Crippen molar-refractivity contribution >= 4 is 11.6 Å². The normalized spacial score (nSPS) is 11.5. The number of aliphatic hydroxyl groups excluding tert-OH is 1. The predicted octanol–water partition coefficient (Wildman–Crippen LogP) is 15.2. The second kappa shape index (κ2) is 18.7. The minimum atomic E-state index is -0.820. The van der Waals surface area contributed by atoms with Crippen molar-refractivity contribution in [2.45, 2.75) is 6.10 Å². The number of ketones is 2. The number of benzene rings is 10. The van der Waals surface area contributed by atoms with Gasteiger partial charge in [0, 0.05) is 22.3 Å². The fraction of sp³-hybridized carbons (Fsp3) is 0.0159. The Kier molecular flexibility index (Phi) is 11.8. The summed E-state index contributed by atoms with van der Waals surface area (Å²) < 4.78 is 0. The lowest BCUT2D eigenvalue weighted by Crippen LogP contribution is -2.03. The van der Waals surface area contributed by atoms with E-state index in [-0.39, 0.29) is 11.6 Å². The Hall–Kier alpha value is -8.50. The standard InChI is InChI=1S/C63H44O3/c64-61(58-25-13-10-22-55(58)46-16-4-1-5-17-46)49-34-28-43(29-35-49)52-40-53(44-30-36-50(37-31-44)62(65)59-26-14-11-23-56(59)47-18-6-2-7-19-47)42-54(41-52)45-32-38-51(39-33-45)63(66)60-27-15-12-24-57(60)48-20-8-3-9-21-48/h1-42,61,64H/t61-/m1/s1. The van der Waals surface area contributed by atoms with Crippen LogP contribution in [0.3, 0.4) is 0 Å². The first-order valence-electron chi connectivity index (χ1n) is 22.2. The van der Waals surface area contributed by atoms with E-state index in [0.29, 0.717) is 22.3 Å². The van der Waals surface area contributed by atoms with Gasteiger partial charge >= 0.3 is 0 Å². The van der Waals surface area contributed by atoms with Gasteiger partial charge in [0.2, 0.25) is 0 Å². The maximum atomic E-state index is 14.0. The molecule has 10 aromatic carbocycles. The smallest absolute Gasteiger partial charge is 0.193 e. The summed E-state index contributed by atoms with van der Waals surface area (Å²) in [5, 5.41) is 11.7. The third-order valence-corrected chi connectivity index (χ3v) is 12.3. The van der Waals surface area contributed by atoms with Crippen molar-refractivity contribution in [3.63, 3.8) is 0 Å². The van der Waals surface area contributed by atoms with Crippen LogP contribution in [0, 0.1) is 0 Å². The number of hydrogen-bond acceptors (Lipinski definition) is 3. The van der Waals surface area contributed by atoms with Crippen LogP contribution in [-0.4, -0.2) is 16.7 Å². The average Bonchev–Trinajstić information content (AvgIpc) is 3.41. The van der Waals surface area contributed by atoms with Gasteiger partial charge in [-0.25, -0.2) is 0 Å². The summed E-state index contributed by atoms with van der Waals surface area (Å²) in [5.74, 6) is -0.0738. The molecule has 0 spiro atoms. The molecular formula is C63H44O3. The van der Waals surface area contributed by atoms with Crippen molar-refractivity contribution in [2.24, 2.45) is 0 Å². The molecule has 0 saturated heterocycles. The maximum absolute atomic E-state index is 14.0. The van der Waals surface area contributed by atoms with Crippen molar-refractivity contribution < 1.29 is 14.7 Å². The van der Waals surface area contributed by atoms with Gasteiger partial charge < -0.3 is 5.11 Å². The van der Waals surface area contributed by atoms with E-state index in [4.69, 9.17) is 0 Å². The first kappa shape index (κ1) is 41.5. The summed E-state index contributed by atoms with van der Waals surface area (Å²) in [6.45, 7) is 0. The molecule has 0 amide bonds. The van der Waals surface area contributed by atoms with Crippen LogP contribution in [0.15, 0.2) is 255 Å². The van der Waals surface area contributed by atoms with Crippen LogP contribution in [0.2, 0.25) is 0 Å². The topological polar surface area (TPSA) is 54.4 Å². The van der Waals surface area contributed by atoms with Crippen LogP contribution in [0.25, 0.3) is 66.8 Å². The maximum Gasteiger partial charge on any atom is 0.193 e. The highest BCUT2D eigenvalue weighted by Crippen LogP contribution is 2.37. The Balaban J connectivity index is 0.997. The van der Waals surface area contributed by atoms with Gasteiger partial charge in [-0.3, -0.25) is 9.59 Å². The number of hydrogen-bond donors (Lipinski definition) is 1. The predicted molar refractivity (Wildman–Crippen MR) is 269 cm³/mol. The third kappa shape index (κ3) is 8.59. The number of rotatable bonds is 12. The van der Waals surface area contributed by atoms with Crippen LogP contribution < -0.4 is 0 Å². The lowest BCUT2D eigenvalue weighted by atomic mass is 9.89. The van der Waals surface area contributed by atoms with E-state index in [0.717, 1.165) is 77.9 Å². The van der Waals surface area contributed by atoms with Crippen molar-refractivity contribution in [3.05, 3.63) is 288 Å². The van der Waals surface area contributed by atoms with E-state index < -0.39 is 6.10 Å².